The fourth-order valence-electron chi connectivity index (χ4n) is 3.17. The topological polar surface area (TPSA) is 61.4 Å². The molecule has 5 nitrogen and oxygen atoms in total. The summed E-state index contributed by atoms with van der Waals surface area (Å²) in [5.41, 5.74) is 4.06. The monoisotopic (exact) mass is 365 g/mol. The number of aryl methyl sites for hydroxylation is 1. The summed E-state index contributed by atoms with van der Waals surface area (Å²) in [6.45, 7) is 3.99. The Morgan fingerprint density at radius 3 is 2.44 bits per heavy atom. The van der Waals surface area contributed by atoms with Crippen LogP contribution in [0, 0.1) is 19.8 Å². The van der Waals surface area contributed by atoms with Crippen LogP contribution in [0.3, 0.4) is 0 Å². The second-order valence-corrected chi connectivity index (χ2v) is 7.33. The lowest BCUT2D eigenvalue weighted by atomic mass is 10.0. The van der Waals surface area contributed by atoms with Crippen LogP contribution in [0.15, 0.2) is 48.5 Å². The van der Waals surface area contributed by atoms with Crippen molar-refractivity contribution in [3.05, 3.63) is 65.2 Å². The highest BCUT2D eigenvalue weighted by Gasteiger charge is 2.34. The average molecular weight is 365 g/mol. The highest BCUT2D eigenvalue weighted by Crippen LogP contribution is 2.40. The van der Waals surface area contributed by atoms with Crippen LogP contribution >= 0.6 is 0 Å². The molecule has 3 rings (SSSR count). The van der Waals surface area contributed by atoms with Crippen molar-refractivity contribution in [2.24, 2.45) is 5.92 Å². The average Bonchev–Trinajstić information content (AvgIpc) is 3.49. The highest BCUT2D eigenvalue weighted by molar-refractivity contribution is 5.95. The van der Waals surface area contributed by atoms with E-state index in [2.05, 4.69) is 10.6 Å². The first-order valence-corrected chi connectivity index (χ1v) is 9.38. The second-order valence-electron chi connectivity index (χ2n) is 7.33. The third-order valence-electron chi connectivity index (χ3n) is 5.14. The Balaban J connectivity index is 1.58. The summed E-state index contributed by atoms with van der Waals surface area (Å²) in [7, 11) is 1.65. The molecule has 0 bridgehead atoms. The van der Waals surface area contributed by atoms with Crippen LogP contribution in [0.4, 0.5) is 10.5 Å². The lowest BCUT2D eigenvalue weighted by Gasteiger charge is -2.24. The van der Waals surface area contributed by atoms with Gasteiger partial charge in [-0.05, 0) is 55.4 Å². The van der Waals surface area contributed by atoms with E-state index in [0.29, 0.717) is 5.92 Å². The van der Waals surface area contributed by atoms with Gasteiger partial charge in [0.05, 0.1) is 6.04 Å². The molecule has 0 aliphatic heterocycles. The van der Waals surface area contributed by atoms with E-state index < -0.39 is 0 Å². The summed E-state index contributed by atoms with van der Waals surface area (Å²) in [6, 6.07) is 15.6. The molecule has 142 valence electrons. The number of carbonyl (C=O) groups is 2. The molecule has 3 amide bonds. The van der Waals surface area contributed by atoms with Crippen LogP contribution in [-0.2, 0) is 4.79 Å². The van der Waals surface area contributed by atoms with Crippen LogP contribution in [0.1, 0.15) is 35.6 Å². The van der Waals surface area contributed by atoms with Gasteiger partial charge in [0.2, 0.25) is 5.91 Å². The molecular formula is C22H27N3O2. The Hall–Kier alpha value is -2.82. The summed E-state index contributed by atoms with van der Waals surface area (Å²) in [5.74, 6) is 0.276. The predicted octanol–water partition coefficient (Wildman–Crippen LogP) is 4.03. The molecule has 0 radical (unpaired) electrons. The van der Waals surface area contributed by atoms with E-state index in [4.69, 9.17) is 0 Å². The molecule has 1 saturated carbocycles. The number of nitrogens with one attached hydrogen (secondary N) is 2. The molecule has 1 fully saturated rings. The van der Waals surface area contributed by atoms with E-state index in [0.717, 1.165) is 35.2 Å². The lowest BCUT2D eigenvalue weighted by Crippen LogP contribution is -2.43. The van der Waals surface area contributed by atoms with E-state index in [1.54, 1.807) is 7.05 Å². The molecule has 2 aromatic carbocycles. The van der Waals surface area contributed by atoms with Gasteiger partial charge in [-0.3, -0.25) is 4.79 Å². The summed E-state index contributed by atoms with van der Waals surface area (Å²) in [4.78, 5) is 26.4. The number of rotatable bonds is 6. The molecule has 1 aliphatic carbocycles. The Kier molecular flexibility index (Phi) is 5.79. The van der Waals surface area contributed by atoms with Crippen molar-refractivity contribution >= 4 is 17.6 Å². The van der Waals surface area contributed by atoms with Crippen molar-refractivity contribution in [2.75, 3.05) is 18.9 Å². The summed E-state index contributed by atoms with van der Waals surface area (Å²) < 4.78 is 0. The number of hydrogen-bond acceptors (Lipinski definition) is 2. The minimum absolute atomic E-state index is 0.00299. The molecule has 0 heterocycles. The minimum Gasteiger partial charge on any atom is -0.331 e. The van der Waals surface area contributed by atoms with Crippen molar-refractivity contribution < 1.29 is 9.59 Å². The van der Waals surface area contributed by atoms with Crippen LogP contribution in [0.2, 0.25) is 0 Å². The first kappa shape index (κ1) is 19.0. The molecule has 0 aromatic heterocycles. The number of carbonyl (C=O) groups excluding carboxylic acids is 2. The maximum atomic E-state index is 12.6. The van der Waals surface area contributed by atoms with Crippen molar-refractivity contribution in [1.82, 2.24) is 10.2 Å². The lowest BCUT2D eigenvalue weighted by molar-refractivity contribution is -0.116. The van der Waals surface area contributed by atoms with Crippen LogP contribution in [-0.4, -0.2) is 30.4 Å². The minimum atomic E-state index is -0.230. The number of benzene rings is 2. The van der Waals surface area contributed by atoms with E-state index in [9.17, 15) is 9.59 Å². The molecule has 27 heavy (non-hydrogen) atoms. The van der Waals surface area contributed by atoms with Crippen LogP contribution in [0.25, 0.3) is 0 Å². The molecule has 2 N–H and O–H groups in total. The van der Waals surface area contributed by atoms with Gasteiger partial charge in [-0.15, -0.1) is 0 Å². The third-order valence-corrected chi connectivity index (χ3v) is 5.14. The van der Waals surface area contributed by atoms with Crippen molar-refractivity contribution in [1.29, 1.82) is 0 Å². The van der Waals surface area contributed by atoms with E-state index in [1.807, 2.05) is 62.4 Å². The van der Waals surface area contributed by atoms with E-state index in [-0.39, 0.29) is 24.5 Å². The zero-order valence-electron chi connectivity index (χ0n) is 16.2. The number of likely N-dealkylation sites (N-methyl/N-ethyl adjacent to an activating group) is 1. The van der Waals surface area contributed by atoms with Gasteiger partial charge >= 0.3 is 6.03 Å². The van der Waals surface area contributed by atoms with Crippen molar-refractivity contribution in [3.8, 4) is 0 Å². The summed E-state index contributed by atoms with van der Waals surface area (Å²) >= 11 is 0. The quantitative estimate of drug-likeness (QED) is 0.812. The first-order chi connectivity index (χ1) is 13.0. The third kappa shape index (κ3) is 4.88. The van der Waals surface area contributed by atoms with Gasteiger partial charge in [0.25, 0.3) is 0 Å². The van der Waals surface area contributed by atoms with Gasteiger partial charge in [0, 0.05) is 12.7 Å². The Morgan fingerprint density at radius 2 is 1.78 bits per heavy atom. The SMILES string of the molecule is Cc1cccc(NC(=O)CN(C)C(=O)NC(c2ccccc2)C2CC2)c1C. The van der Waals surface area contributed by atoms with Gasteiger partial charge in [-0.2, -0.15) is 0 Å². The molecular weight excluding hydrogens is 338 g/mol. The smallest absolute Gasteiger partial charge is 0.318 e. The number of hydrogen-bond donors (Lipinski definition) is 2. The fourth-order valence-corrected chi connectivity index (χ4v) is 3.17. The molecule has 5 heteroatoms. The summed E-state index contributed by atoms with van der Waals surface area (Å²) in [5, 5.41) is 5.99. The fraction of sp³-hybridized carbons (Fsp3) is 0.364. The second kappa shape index (κ2) is 8.25. The summed E-state index contributed by atoms with van der Waals surface area (Å²) in [6.07, 6.45) is 2.24. The van der Waals surface area contributed by atoms with Crippen LogP contribution < -0.4 is 10.6 Å². The highest BCUT2D eigenvalue weighted by atomic mass is 16.2. The molecule has 2 aromatic rings. The number of amides is 3. The van der Waals surface area contributed by atoms with E-state index >= 15 is 0 Å². The van der Waals surface area contributed by atoms with Gasteiger partial charge in [-0.1, -0.05) is 42.5 Å². The maximum Gasteiger partial charge on any atom is 0.318 e. The molecule has 1 aliphatic rings. The maximum absolute atomic E-state index is 12.6. The van der Waals surface area contributed by atoms with Gasteiger partial charge in [0.15, 0.2) is 0 Å². The molecule has 1 atom stereocenters. The standard InChI is InChI=1S/C22H27N3O2/c1-15-8-7-11-19(16(15)2)23-20(26)14-25(3)22(27)24-21(18-12-13-18)17-9-5-4-6-10-17/h4-11,18,21H,12-14H2,1-3H3,(H,23,26)(H,24,27). The predicted molar refractivity (Wildman–Crippen MR) is 108 cm³/mol. The zero-order valence-corrected chi connectivity index (χ0v) is 16.2. The van der Waals surface area contributed by atoms with Crippen molar-refractivity contribution in [2.45, 2.75) is 32.7 Å². The Labute approximate surface area is 160 Å². The molecule has 0 spiro atoms. The molecule has 0 saturated heterocycles. The zero-order chi connectivity index (χ0) is 19.4. The number of anilines is 1. The Morgan fingerprint density at radius 1 is 1.07 bits per heavy atom. The Bertz CT molecular complexity index is 816. The number of nitrogens with zero attached hydrogens (tertiary/aromatic N) is 1. The van der Waals surface area contributed by atoms with Gasteiger partial charge < -0.3 is 15.5 Å². The number of urea groups is 1. The van der Waals surface area contributed by atoms with Crippen molar-refractivity contribution in [3.63, 3.8) is 0 Å². The van der Waals surface area contributed by atoms with Gasteiger partial charge in [0.1, 0.15) is 6.54 Å². The normalized spacial score (nSPS) is 14.3. The van der Waals surface area contributed by atoms with Crippen LogP contribution in [0.5, 0.6) is 0 Å². The first-order valence-electron chi connectivity index (χ1n) is 9.38. The molecule has 1 unspecified atom stereocenters. The largest absolute Gasteiger partial charge is 0.331 e. The van der Waals surface area contributed by atoms with Gasteiger partial charge in [-0.25, -0.2) is 4.79 Å². The van der Waals surface area contributed by atoms with E-state index in [1.165, 1.54) is 4.90 Å².